The van der Waals surface area contributed by atoms with Crippen LogP contribution in [0.2, 0.25) is 0 Å². The number of nitrogens with zero attached hydrogens (tertiary/aromatic N) is 2. The van der Waals surface area contributed by atoms with Crippen LogP contribution in [0.5, 0.6) is 11.5 Å². The number of carbonyl (C=O) groups excluding carboxylic acids is 2. The van der Waals surface area contributed by atoms with Gasteiger partial charge in [0.1, 0.15) is 13.2 Å². The number of hydrogen-bond donors (Lipinski definition) is 2. The smallest absolute Gasteiger partial charge is 0.251 e. The van der Waals surface area contributed by atoms with Crippen molar-refractivity contribution in [1.82, 2.24) is 15.3 Å². The third kappa shape index (κ3) is 4.11. The highest BCUT2D eigenvalue weighted by atomic mass is 16.6. The number of nitrogens with one attached hydrogen (secondary N) is 2. The zero-order valence-corrected chi connectivity index (χ0v) is 16.1. The number of hydrogen-bond acceptors (Lipinski definition) is 6. The second-order valence-corrected chi connectivity index (χ2v) is 6.69. The molecule has 2 N–H and O–H groups in total. The molecule has 0 saturated heterocycles. The Bertz CT molecular complexity index is 1110. The van der Waals surface area contributed by atoms with Gasteiger partial charge in [0, 0.05) is 17.3 Å². The van der Waals surface area contributed by atoms with Gasteiger partial charge in [-0.1, -0.05) is 0 Å². The van der Waals surface area contributed by atoms with Gasteiger partial charge in [-0.05, 0) is 44.2 Å². The summed E-state index contributed by atoms with van der Waals surface area (Å²) in [7, 11) is 0. The lowest BCUT2D eigenvalue weighted by atomic mass is 10.1. The summed E-state index contributed by atoms with van der Waals surface area (Å²) in [6.07, 6.45) is 0. The van der Waals surface area contributed by atoms with E-state index in [0.717, 1.165) is 16.9 Å². The van der Waals surface area contributed by atoms with E-state index >= 15 is 0 Å². The quantitative estimate of drug-likeness (QED) is 0.707. The molecular weight excluding hydrogens is 372 g/mol. The SMILES string of the molecule is Cc1nc2ccc(C(=O)NCC(=O)Nc3ccc4c(c3)OCCO4)cc2nc1C. The highest BCUT2D eigenvalue weighted by molar-refractivity contribution is 6.01. The van der Waals surface area contributed by atoms with Crippen molar-refractivity contribution in [3.05, 3.63) is 53.3 Å². The summed E-state index contributed by atoms with van der Waals surface area (Å²) in [4.78, 5) is 33.5. The first-order valence-corrected chi connectivity index (χ1v) is 9.22. The second-order valence-electron chi connectivity index (χ2n) is 6.69. The van der Waals surface area contributed by atoms with Gasteiger partial charge in [-0.2, -0.15) is 0 Å². The highest BCUT2D eigenvalue weighted by Gasteiger charge is 2.14. The van der Waals surface area contributed by atoms with E-state index in [1.54, 1.807) is 36.4 Å². The average molecular weight is 392 g/mol. The Labute approximate surface area is 167 Å². The molecule has 148 valence electrons. The van der Waals surface area contributed by atoms with Crippen molar-refractivity contribution in [2.75, 3.05) is 25.1 Å². The van der Waals surface area contributed by atoms with E-state index < -0.39 is 0 Å². The van der Waals surface area contributed by atoms with Crippen LogP contribution in [0.1, 0.15) is 21.7 Å². The average Bonchev–Trinajstić information content (AvgIpc) is 2.72. The van der Waals surface area contributed by atoms with Crippen LogP contribution >= 0.6 is 0 Å². The Morgan fingerprint density at radius 1 is 0.931 bits per heavy atom. The van der Waals surface area contributed by atoms with Gasteiger partial charge in [0.25, 0.3) is 5.91 Å². The normalized spacial score (nSPS) is 12.5. The van der Waals surface area contributed by atoms with Crippen molar-refractivity contribution in [2.24, 2.45) is 0 Å². The molecule has 1 aliphatic heterocycles. The molecule has 0 fully saturated rings. The summed E-state index contributed by atoms with van der Waals surface area (Å²) in [5, 5.41) is 5.35. The topological polar surface area (TPSA) is 102 Å². The number of benzene rings is 2. The molecule has 2 amide bonds. The minimum absolute atomic E-state index is 0.163. The molecule has 0 atom stereocenters. The molecule has 8 heteroatoms. The van der Waals surface area contributed by atoms with E-state index in [4.69, 9.17) is 9.47 Å². The molecule has 8 nitrogen and oxygen atoms in total. The van der Waals surface area contributed by atoms with E-state index in [1.807, 2.05) is 13.8 Å². The summed E-state index contributed by atoms with van der Waals surface area (Å²) in [5.74, 6) is 0.527. The second kappa shape index (κ2) is 7.75. The molecule has 2 aromatic carbocycles. The lowest BCUT2D eigenvalue weighted by molar-refractivity contribution is -0.115. The largest absolute Gasteiger partial charge is 0.486 e. The van der Waals surface area contributed by atoms with E-state index in [2.05, 4.69) is 20.6 Å². The molecule has 0 aliphatic carbocycles. The van der Waals surface area contributed by atoms with Crippen LogP contribution in [-0.4, -0.2) is 41.5 Å². The van der Waals surface area contributed by atoms with Crippen molar-refractivity contribution in [3.63, 3.8) is 0 Å². The lowest BCUT2D eigenvalue weighted by Gasteiger charge is -2.19. The Morgan fingerprint density at radius 2 is 1.66 bits per heavy atom. The molecule has 0 spiro atoms. The number of rotatable bonds is 4. The predicted octanol–water partition coefficient (Wildman–Crippen LogP) is 2.39. The first-order chi connectivity index (χ1) is 14.0. The number of amides is 2. The zero-order valence-electron chi connectivity index (χ0n) is 16.1. The molecule has 0 saturated carbocycles. The van der Waals surface area contributed by atoms with E-state index in [0.29, 0.717) is 41.5 Å². The molecular formula is C21H20N4O4. The maximum atomic E-state index is 12.4. The first kappa shape index (κ1) is 18.7. The van der Waals surface area contributed by atoms with Gasteiger partial charge in [0.15, 0.2) is 11.5 Å². The Morgan fingerprint density at radius 3 is 2.45 bits per heavy atom. The van der Waals surface area contributed by atoms with Gasteiger partial charge in [-0.25, -0.2) is 9.97 Å². The monoisotopic (exact) mass is 392 g/mol. The third-order valence-electron chi connectivity index (χ3n) is 4.57. The molecule has 3 aromatic rings. The van der Waals surface area contributed by atoms with E-state index in [9.17, 15) is 9.59 Å². The summed E-state index contributed by atoms with van der Waals surface area (Å²) in [6, 6.07) is 10.2. The van der Waals surface area contributed by atoms with Crippen molar-refractivity contribution < 1.29 is 19.1 Å². The fraction of sp³-hybridized carbons (Fsp3) is 0.238. The minimum Gasteiger partial charge on any atom is -0.486 e. The number of carbonyl (C=O) groups is 2. The fourth-order valence-electron chi connectivity index (χ4n) is 2.96. The Balaban J connectivity index is 1.38. The van der Waals surface area contributed by atoms with Gasteiger partial charge in [-0.3, -0.25) is 9.59 Å². The first-order valence-electron chi connectivity index (χ1n) is 9.22. The molecule has 0 radical (unpaired) electrons. The molecule has 2 heterocycles. The Hall–Kier alpha value is -3.68. The van der Waals surface area contributed by atoms with Crippen molar-refractivity contribution in [2.45, 2.75) is 13.8 Å². The van der Waals surface area contributed by atoms with Gasteiger partial charge >= 0.3 is 0 Å². The molecule has 1 aliphatic rings. The maximum absolute atomic E-state index is 12.4. The number of aryl methyl sites for hydroxylation is 2. The van der Waals surface area contributed by atoms with Gasteiger partial charge in [0.2, 0.25) is 5.91 Å². The van der Waals surface area contributed by atoms with Gasteiger partial charge < -0.3 is 20.1 Å². The molecule has 4 rings (SSSR count). The van der Waals surface area contributed by atoms with Crippen LogP contribution in [0.3, 0.4) is 0 Å². The summed E-state index contributed by atoms with van der Waals surface area (Å²) < 4.78 is 10.9. The summed E-state index contributed by atoms with van der Waals surface area (Å²) >= 11 is 0. The number of aromatic nitrogens is 2. The van der Waals surface area contributed by atoms with Crippen LogP contribution in [0.25, 0.3) is 11.0 Å². The molecule has 0 unspecified atom stereocenters. The van der Waals surface area contributed by atoms with Crippen LogP contribution in [0.15, 0.2) is 36.4 Å². The molecule has 29 heavy (non-hydrogen) atoms. The summed E-state index contributed by atoms with van der Waals surface area (Å²) in [5.41, 5.74) is 4.02. The van der Waals surface area contributed by atoms with E-state index in [-0.39, 0.29) is 18.4 Å². The van der Waals surface area contributed by atoms with Crippen molar-refractivity contribution in [3.8, 4) is 11.5 Å². The van der Waals surface area contributed by atoms with Crippen LogP contribution < -0.4 is 20.1 Å². The van der Waals surface area contributed by atoms with E-state index in [1.165, 1.54) is 0 Å². The number of ether oxygens (including phenoxy) is 2. The Kier molecular flexibility index (Phi) is 4.99. The number of anilines is 1. The lowest BCUT2D eigenvalue weighted by Crippen LogP contribution is -2.32. The van der Waals surface area contributed by atoms with Crippen LogP contribution in [0, 0.1) is 13.8 Å². The third-order valence-corrected chi connectivity index (χ3v) is 4.57. The highest BCUT2D eigenvalue weighted by Crippen LogP contribution is 2.32. The minimum atomic E-state index is -0.357. The fourth-order valence-corrected chi connectivity index (χ4v) is 2.96. The van der Waals surface area contributed by atoms with Crippen molar-refractivity contribution in [1.29, 1.82) is 0 Å². The zero-order chi connectivity index (χ0) is 20.4. The van der Waals surface area contributed by atoms with Gasteiger partial charge in [0.05, 0.1) is 29.0 Å². The predicted molar refractivity (Wildman–Crippen MR) is 107 cm³/mol. The molecule has 0 bridgehead atoms. The standard InChI is InChI=1S/C21H20N4O4/c1-12-13(2)24-17-9-14(3-5-16(17)23-12)21(27)22-11-20(26)25-15-4-6-18-19(10-15)29-8-7-28-18/h3-6,9-10H,7-8,11H2,1-2H3,(H,22,27)(H,25,26). The van der Waals surface area contributed by atoms with Crippen molar-refractivity contribution >= 4 is 28.5 Å². The number of fused-ring (bicyclic) bond motifs is 2. The summed E-state index contributed by atoms with van der Waals surface area (Å²) in [6.45, 7) is 4.57. The van der Waals surface area contributed by atoms with Gasteiger partial charge in [-0.15, -0.1) is 0 Å². The molecule has 1 aromatic heterocycles. The maximum Gasteiger partial charge on any atom is 0.251 e. The van der Waals surface area contributed by atoms with Crippen LogP contribution in [0.4, 0.5) is 5.69 Å². The van der Waals surface area contributed by atoms with Crippen LogP contribution in [-0.2, 0) is 4.79 Å².